The first-order chi connectivity index (χ1) is 5.08. The second-order valence-electron chi connectivity index (χ2n) is 4.38. The molecule has 1 unspecified atom stereocenters. The first kappa shape index (κ1) is 8.51. The van der Waals surface area contributed by atoms with Gasteiger partial charge in [-0.05, 0) is 24.3 Å². The lowest BCUT2D eigenvalue weighted by Gasteiger charge is -2.23. The van der Waals surface area contributed by atoms with E-state index in [-0.39, 0.29) is 0 Å². The van der Waals surface area contributed by atoms with Gasteiger partial charge in [-0.3, -0.25) is 4.99 Å². The summed E-state index contributed by atoms with van der Waals surface area (Å²) in [7, 11) is 0. The number of dihydropyridines is 1. The van der Waals surface area contributed by atoms with Gasteiger partial charge < -0.3 is 0 Å². The molecule has 62 valence electrons. The molecular weight excluding hydrogens is 134 g/mol. The fourth-order valence-corrected chi connectivity index (χ4v) is 1.37. The summed E-state index contributed by atoms with van der Waals surface area (Å²) in [6, 6.07) is 0.528. The van der Waals surface area contributed by atoms with Gasteiger partial charge in [0, 0.05) is 6.21 Å². The fourth-order valence-electron chi connectivity index (χ4n) is 1.37. The van der Waals surface area contributed by atoms with Gasteiger partial charge in [0.05, 0.1) is 6.04 Å². The van der Waals surface area contributed by atoms with Crippen molar-refractivity contribution in [2.45, 2.75) is 39.7 Å². The van der Waals surface area contributed by atoms with Gasteiger partial charge in [0.2, 0.25) is 0 Å². The average molecular weight is 151 g/mol. The van der Waals surface area contributed by atoms with Crippen molar-refractivity contribution in [2.75, 3.05) is 0 Å². The van der Waals surface area contributed by atoms with E-state index in [1.54, 1.807) is 0 Å². The van der Waals surface area contributed by atoms with E-state index in [0.717, 1.165) is 6.42 Å². The zero-order chi connectivity index (χ0) is 8.32. The van der Waals surface area contributed by atoms with E-state index >= 15 is 0 Å². The van der Waals surface area contributed by atoms with Crippen molar-refractivity contribution in [3.63, 3.8) is 0 Å². The molecular formula is C10H17N. The molecule has 0 aromatic heterocycles. The molecule has 0 aromatic carbocycles. The second-order valence-corrected chi connectivity index (χ2v) is 4.38. The number of nitrogens with zero attached hydrogens (tertiary/aromatic N) is 1. The summed E-state index contributed by atoms with van der Waals surface area (Å²) in [5.74, 6) is 0. The van der Waals surface area contributed by atoms with Gasteiger partial charge >= 0.3 is 0 Å². The van der Waals surface area contributed by atoms with Gasteiger partial charge in [-0.1, -0.05) is 26.8 Å². The van der Waals surface area contributed by atoms with Crippen LogP contribution in [0.3, 0.4) is 0 Å². The van der Waals surface area contributed by atoms with Crippen LogP contribution in [0.4, 0.5) is 0 Å². The lowest BCUT2D eigenvalue weighted by atomic mass is 9.87. The molecule has 0 aliphatic carbocycles. The van der Waals surface area contributed by atoms with Crippen LogP contribution in [0.1, 0.15) is 33.6 Å². The summed E-state index contributed by atoms with van der Waals surface area (Å²) < 4.78 is 0. The highest BCUT2D eigenvalue weighted by molar-refractivity contribution is 5.72. The summed E-state index contributed by atoms with van der Waals surface area (Å²) in [6.07, 6.45) is 8.45. The van der Waals surface area contributed by atoms with Crippen LogP contribution in [0.25, 0.3) is 0 Å². The molecule has 0 saturated heterocycles. The van der Waals surface area contributed by atoms with Gasteiger partial charge in [-0.2, -0.15) is 0 Å². The highest BCUT2D eigenvalue weighted by atomic mass is 14.8. The topological polar surface area (TPSA) is 12.4 Å². The zero-order valence-electron chi connectivity index (χ0n) is 7.67. The normalized spacial score (nSPS) is 24.1. The molecule has 0 aromatic rings. The van der Waals surface area contributed by atoms with Crippen molar-refractivity contribution < 1.29 is 0 Å². The number of rotatable bonds is 1. The van der Waals surface area contributed by atoms with Crippen molar-refractivity contribution in [1.82, 2.24) is 0 Å². The van der Waals surface area contributed by atoms with Crippen LogP contribution >= 0.6 is 0 Å². The summed E-state index contributed by atoms with van der Waals surface area (Å²) in [5, 5.41) is 0. The van der Waals surface area contributed by atoms with Crippen molar-refractivity contribution in [2.24, 2.45) is 10.4 Å². The van der Waals surface area contributed by atoms with Crippen LogP contribution in [0.15, 0.2) is 17.1 Å². The molecule has 0 fully saturated rings. The number of allylic oxidation sites excluding steroid dienone is 1. The van der Waals surface area contributed by atoms with Crippen LogP contribution in [-0.2, 0) is 0 Å². The van der Waals surface area contributed by atoms with Crippen LogP contribution in [0.5, 0.6) is 0 Å². The van der Waals surface area contributed by atoms with E-state index in [1.807, 2.05) is 12.3 Å². The lowest BCUT2D eigenvalue weighted by Crippen LogP contribution is -2.16. The van der Waals surface area contributed by atoms with Gasteiger partial charge in [0.15, 0.2) is 0 Å². The predicted octanol–water partition coefficient (Wildman–Crippen LogP) is 2.82. The van der Waals surface area contributed by atoms with Crippen LogP contribution < -0.4 is 0 Å². The van der Waals surface area contributed by atoms with Crippen LogP contribution in [0, 0.1) is 5.41 Å². The van der Waals surface area contributed by atoms with Crippen molar-refractivity contribution >= 4 is 6.21 Å². The van der Waals surface area contributed by atoms with E-state index < -0.39 is 0 Å². The standard InChI is InChI=1S/C10H17N/c1-10(2,3)8-9-6-4-5-7-11-9/h4-5,7,9H,6,8H2,1-3H3. The third-order valence-electron chi connectivity index (χ3n) is 1.78. The highest BCUT2D eigenvalue weighted by Crippen LogP contribution is 2.24. The highest BCUT2D eigenvalue weighted by Gasteiger charge is 2.17. The van der Waals surface area contributed by atoms with Gasteiger partial charge in [-0.25, -0.2) is 0 Å². The maximum Gasteiger partial charge on any atom is 0.0539 e. The summed E-state index contributed by atoms with van der Waals surface area (Å²) in [6.45, 7) is 6.79. The third kappa shape index (κ3) is 3.35. The Hall–Kier alpha value is -0.590. The average Bonchev–Trinajstić information content (AvgIpc) is 1.85. The Morgan fingerprint density at radius 3 is 2.64 bits per heavy atom. The minimum Gasteiger partial charge on any atom is -0.290 e. The molecule has 1 aliphatic heterocycles. The second kappa shape index (κ2) is 3.21. The molecule has 0 bridgehead atoms. The van der Waals surface area contributed by atoms with E-state index in [0.29, 0.717) is 11.5 Å². The van der Waals surface area contributed by atoms with E-state index in [9.17, 15) is 0 Å². The van der Waals surface area contributed by atoms with Crippen molar-refractivity contribution in [3.05, 3.63) is 12.2 Å². The molecule has 0 saturated carbocycles. The summed E-state index contributed by atoms with van der Waals surface area (Å²) >= 11 is 0. The summed E-state index contributed by atoms with van der Waals surface area (Å²) in [4.78, 5) is 4.40. The molecule has 0 N–H and O–H groups in total. The number of aliphatic imine (C=N–C) groups is 1. The quantitative estimate of drug-likeness (QED) is 0.546. The number of hydrogen-bond acceptors (Lipinski definition) is 1. The zero-order valence-corrected chi connectivity index (χ0v) is 7.67. The SMILES string of the molecule is CC(C)(C)CC1CC=CC=N1. The molecule has 0 spiro atoms. The number of hydrogen-bond donors (Lipinski definition) is 0. The summed E-state index contributed by atoms with van der Waals surface area (Å²) in [5.41, 5.74) is 0.410. The van der Waals surface area contributed by atoms with Gasteiger partial charge in [0.1, 0.15) is 0 Å². The Labute approximate surface area is 69.2 Å². The smallest absolute Gasteiger partial charge is 0.0539 e. The van der Waals surface area contributed by atoms with E-state index in [1.165, 1.54) is 6.42 Å². The lowest BCUT2D eigenvalue weighted by molar-refractivity contribution is 0.341. The molecule has 1 heteroatoms. The molecule has 1 aliphatic rings. The molecule has 11 heavy (non-hydrogen) atoms. The molecule has 1 nitrogen and oxygen atoms in total. The molecule has 0 amide bonds. The Morgan fingerprint density at radius 1 is 1.45 bits per heavy atom. The third-order valence-corrected chi connectivity index (χ3v) is 1.78. The van der Waals surface area contributed by atoms with Crippen LogP contribution in [-0.4, -0.2) is 12.3 Å². The monoisotopic (exact) mass is 151 g/mol. The Kier molecular flexibility index (Phi) is 2.48. The van der Waals surface area contributed by atoms with E-state index in [2.05, 4.69) is 31.8 Å². The van der Waals surface area contributed by atoms with Gasteiger partial charge in [-0.15, -0.1) is 0 Å². The first-order valence-corrected chi connectivity index (χ1v) is 4.26. The molecule has 1 heterocycles. The molecule has 1 rings (SSSR count). The van der Waals surface area contributed by atoms with Crippen molar-refractivity contribution in [1.29, 1.82) is 0 Å². The van der Waals surface area contributed by atoms with Crippen LogP contribution in [0.2, 0.25) is 0 Å². The maximum absolute atomic E-state index is 4.40. The van der Waals surface area contributed by atoms with Crippen molar-refractivity contribution in [3.8, 4) is 0 Å². The van der Waals surface area contributed by atoms with Gasteiger partial charge in [0.25, 0.3) is 0 Å². The Morgan fingerprint density at radius 2 is 2.18 bits per heavy atom. The largest absolute Gasteiger partial charge is 0.290 e. The Bertz CT molecular complexity index is 172. The molecule has 1 atom stereocenters. The first-order valence-electron chi connectivity index (χ1n) is 4.26. The minimum atomic E-state index is 0.410. The fraction of sp³-hybridized carbons (Fsp3) is 0.700. The molecule has 0 radical (unpaired) electrons. The maximum atomic E-state index is 4.40. The van der Waals surface area contributed by atoms with E-state index in [4.69, 9.17) is 0 Å². The minimum absolute atomic E-state index is 0.410. The Balaban J connectivity index is 2.39. The predicted molar refractivity (Wildman–Crippen MR) is 50.1 cm³/mol.